The second-order valence-corrected chi connectivity index (χ2v) is 8.58. The number of rotatable bonds is 4. The Hall–Kier alpha value is -2.38. The fourth-order valence-electron chi connectivity index (χ4n) is 3.43. The van der Waals surface area contributed by atoms with Gasteiger partial charge >= 0.3 is 5.97 Å². The summed E-state index contributed by atoms with van der Waals surface area (Å²) in [6.45, 7) is 5.52. The maximum atomic E-state index is 13.0. The Kier molecular flexibility index (Phi) is 5.53. The predicted molar refractivity (Wildman–Crippen MR) is 105 cm³/mol. The normalized spacial score (nSPS) is 15.6. The van der Waals surface area contributed by atoms with Crippen molar-refractivity contribution in [3.05, 3.63) is 59.2 Å². The quantitative estimate of drug-likeness (QED) is 0.753. The first-order valence-corrected chi connectivity index (χ1v) is 10.3. The van der Waals surface area contributed by atoms with Gasteiger partial charge < -0.3 is 9.64 Å². The van der Waals surface area contributed by atoms with E-state index in [1.54, 1.807) is 18.2 Å². The molecule has 0 unspecified atom stereocenters. The summed E-state index contributed by atoms with van der Waals surface area (Å²) in [6.07, 6.45) is 0. The third-order valence-corrected chi connectivity index (χ3v) is 6.90. The van der Waals surface area contributed by atoms with Gasteiger partial charge in [0.15, 0.2) is 0 Å². The summed E-state index contributed by atoms with van der Waals surface area (Å²) in [4.78, 5) is 14.4. The van der Waals surface area contributed by atoms with Crippen molar-refractivity contribution in [2.75, 3.05) is 38.2 Å². The highest BCUT2D eigenvalue weighted by Gasteiger charge is 2.30. The van der Waals surface area contributed by atoms with Crippen LogP contribution in [0.3, 0.4) is 0 Å². The molecule has 0 spiro atoms. The maximum absolute atomic E-state index is 13.0. The highest BCUT2D eigenvalue weighted by Crippen LogP contribution is 2.26. The second-order valence-electron chi connectivity index (χ2n) is 6.67. The van der Waals surface area contributed by atoms with Crippen LogP contribution in [-0.4, -0.2) is 52.0 Å². The minimum absolute atomic E-state index is 0.358. The molecule has 0 amide bonds. The average Bonchev–Trinajstić information content (AvgIpc) is 2.67. The first-order valence-electron chi connectivity index (χ1n) is 8.84. The molecular weight excluding hydrogens is 364 g/mol. The Bertz CT molecular complexity index is 948. The zero-order valence-corrected chi connectivity index (χ0v) is 16.6. The molecule has 7 heteroatoms. The lowest BCUT2D eigenvalue weighted by molar-refractivity contribution is 0.0601. The van der Waals surface area contributed by atoms with E-state index < -0.39 is 16.0 Å². The van der Waals surface area contributed by atoms with Crippen LogP contribution in [-0.2, 0) is 14.8 Å². The van der Waals surface area contributed by atoms with E-state index in [1.165, 1.54) is 11.4 Å². The first-order chi connectivity index (χ1) is 12.8. The summed E-state index contributed by atoms with van der Waals surface area (Å²) in [5.74, 6) is -0.393. The smallest absolute Gasteiger partial charge is 0.339 e. The van der Waals surface area contributed by atoms with Crippen molar-refractivity contribution in [1.29, 1.82) is 0 Å². The number of carbonyl (C=O) groups is 1. The van der Waals surface area contributed by atoms with Crippen molar-refractivity contribution in [1.82, 2.24) is 4.31 Å². The van der Waals surface area contributed by atoms with Gasteiger partial charge in [0.25, 0.3) is 0 Å². The average molecular weight is 388 g/mol. The molecule has 2 aromatic carbocycles. The molecule has 0 aliphatic carbocycles. The molecule has 1 fully saturated rings. The molecule has 1 aliphatic rings. The number of anilines is 1. The SMILES string of the molecule is COC(=O)c1ccccc1N1CCN(S(=O)(=O)c2ccc(C)cc2C)CC1. The number of carbonyl (C=O) groups excluding carboxylic acids is 1. The van der Waals surface area contributed by atoms with Crippen LogP contribution in [0.15, 0.2) is 47.4 Å². The lowest BCUT2D eigenvalue weighted by atomic mass is 10.1. The Balaban J connectivity index is 1.79. The molecule has 1 saturated heterocycles. The van der Waals surface area contributed by atoms with Gasteiger partial charge in [-0.3, -0.25) is 0 Å². The number of ether oxygens (including phenoxy) is 1. The maximum Gasteiger partial charge on any atom is 0.339 e. The number of esters is 1. The lowest BCUT2D eigenvalue weighted by Gasteiger charge is -2.36. The highest BCUT2D eigenvalue weighted by molar-refractivity contribution is 7.89. The van der Waals surface area contributed by atoms with E-state index in [-0.39, 0.29) is 0 Å². The fourth-order valence-corrected chi connectivity index (χ4v) is 5.06. The third-order valence-electron chi connectivity index (χ3n) is 4.84. The van der Waals surface area contributed by atoms with Crippen molar-refractivity contribution < 1.29 is 17.9 Å². The van der Waals surface area contributed by atoms with Crippen LogP contribution < -0.4 is 4.90 Å². The number of sulfonamides is 1. The monoisotopic (exact) mass is 388 g/mol. The van der Waals surface area contributed by atoms with E-state index in [4.69, 9.17) is 4.74 Å². The molecule has 0 radical (unpaired) electrons. The Morgan fingerprint density at radius 3 is 2.30 bits per heavy atom. The first kappa shape index (κ1) is 19.4. The summed E-state index contributed by atoms with van der Waals surface area (Å²) < 4.78 is 32.4. The van der Waals surface area contributed by atoms with Gasteiger partial charge in [0.05, 0.1) is 23.3 Å². The van der Waals surface area contributed by atoms with Gasteiger partial charge in [0.1, 0.15) is 0 Å². The molecule has 27 heavy (non-hydrogen) atoms. The van der Waals surface area contributed by atoms with Gasteiger partial charge in [-0.2, -0.15) is 4.31 Å². The molecule has 144 valence electrons. The van der Waals surface area contributed by atoms with E-state index in [9.17, 15) is 13.2 Å². The largest absolute Gasteiger partial charge is 0.465 e. The second kappa shape index (κ2) is 7.70. The standard InChI is InChI=1S/C20H24N2O4S/c1-15-8-9-19(16(2)14-15)27(24,25)22-12-10-21(11-13-22)18-7-5-4-6-17(18)20(23)26-3/h4-9,14H,10-13H2,1-3H3. The van der Waals surface area contributed by atoms with Crippen molar-refractivity contribution in [3.8, 4) is 0 Å². The fraction of sp³-hybridized carbons (Fsp3) is 0.350. The number of hydrogen-bond donors (Lipinski definition) is 0. The zero-order valence-electron chi connectivity index (χ0n) is 15.8. The number of nitrogens with zero attached hydrogens (tertiary/aromatic N) is 2. The van der Waals surface area contributed by atoms with Crippen LogP contribution in [0.1, 0.15) is 21.5 Å². The van der Waals surface area contributed by atoms with Gasteiger partial charge in [-0.05, 0) is 37.6 Å². The molecule has 6 nitrogen and oxygen atoms in total. The molecule has 0 bridgehead atoms. The van der Waals surface area contributed by atoms with Crippen LogP contribution in [0.5, 0.6) is 0 Å². The molecule has 2 aromatic rings. The molecule has 0 aromatic heterocycles. The number of hydrogen-bond acceptors (Lipinski definition) is 5. The summed E-state index contributed by atoms with van der Waals surface area (Å²) >= 11 is 0. The van der Waals surface area contributed by atoms with Crippen LogP contribution in [0.25, 0.3) is 0 Å². The number of benzene rings is 2. The molecule has 3 rings (SSSR count). The lowest BCUT2D eigenvalue weighted by Crippen LogP contribution is -2.49. The summed E-state index contributed by atoms with van der Waals surface area (Å²) in [5, 5.41) is 0. The van der Waals surface area contributed by atoms with Gasteiger partial charge in [-0.15, -0.1) is 0 Å². The molecule has 1 heterocycles. The van der Waals surface area contributed by atoms with Gasteiger partial charge in [-0.1, -0.05) is 29.8 Å². The Labute approximate surface area is 160 Å². The van der Waals surface area contributed by atoms with E-state index in [1.807, 2.05) is 43.0 Å². The van der Waals surface area contributed by atoms with E-state index in [2.05, 4.69) is 0 Å². The van der Waals surface area contributed by atoms with Gasteiger partial charge in [-0.25, -0.2) is 13.2 Å². The third kappa shape index (κ3) is 3.84. The van der Waals surface area contributed by atoms with Crippen molar-refractivity contribution in [3.63, 3.8) is 0 Å². The molecule has 0 atom stereocenters. The summed E-state index contributed by atoms with van der Waals surface area (Å²) in [5.41, 5.74) is 3.06. The Morgan fingerprint density at radius 1 is 1.00 bits per heavy atom. The number of para-hydroxylation sites is 1. The van der Waals surface area contributed by atoms with Crippen molar-refractivity contribution >= 4 is 21.7 Å². The van der Waals surface area contributed by atoms with Crippen LogP contribution >= 0.6 is 0 Å². The van der Waals surface area contributed by atoms with Crippen LogP contribution in [0, 0.1) is 13.8 Å². The number of methoxy groups -OCH3 is 1. The topological polar surface area (TPSA) is 66.9 Å². The Morgan fingerprint density at radius 2 is 1.67 bits per heavy atom. The van der Waals surface area contributed by atoms with Gasteiger partial charge in [0.2, 0.25) is 10.0 Å². The van der Waals surface area contributed by atoms with Crippen LogP contribution in [0.4, 0.5) is 5.69 Å². The number of piperazine rings is 1. The minimum Gasteiger partial charge on any atom is -0.465 e. The van der Waals surface area contributed by atoms with Crippen molar-refractivity contribution in [2.24, 2.45) is 0 Å². The highest BCUT2D eigenvalue weighted by atomic mass is 32.2. The zero-order chi connectivity index (χ0) is 19.6. The van der Waals surface area contributed by atoms with E-state index in [0.717, 1.165) is 16.8 Å². The molecule has 1 aliphatic heterocycles. The van der Waals surface area contributed by atoms with E-state index in [0.29, 0.717) is 36.6 Å². The molecule has 0 N–H and O–H groups in total. The predicted octanol–water partition coefficient (Wildman–Crippen LogP) is 2.60. The van der Waals surface area contributed by atoms with Gasteiger partial charge in [0, 0.05) is 26.2 Å². The van der Waals surface area contributed by atoms with E-state index >= 15 is 0 Å². The summed E-state index contributed by atoms with van der Waals surface area (Å²) in [6, 6.07) is 12.6. The number of aryl methyl sites for hydroxylation is 2. The van der Waals surface area contributed by atoms with Crippen LogP contribution in [0.2, 0.25) is 0 Å². The minimum atomic E-state index is -3.53. The molecule has 0 saturated carbocycles. The van der Waals surface area contributed by atoms with Crippen molar-refractivity contribution in [2.45, 2.75) is 18.7 Å². The molecular formula is C20H24N2O4S. The summed E-state index contributed by atoms with van der Waals surface area (Å²) in [7, 11) is -2.18.